The van der Waals surface area contributed by atoms with Gasteiger partial charge in [-0.05, 0) is 63.3 Å². The van der Waals surface area contributed by atoms with E-state index in [0.717, 1.165) is 42.9 Å². The monoisotopic (exact) mass is 400 g/mol. The number of amides is 1. The third-order valence-corrected chi connectivity index (χ3v) is 5.65. The molecule has 0 N–H and O–H groups in total. The summed E-state index contributed by atoms with van der Waals surface area (Å²) in [5, 5.41) is 0. The summed E-state index contributed by atoms with van der Waals surface area (Å²) in [6.45, 7) is 7.48. The number of aromatic nitrogens is 3. The quantitative estimate of drug-likeness (QED) is 0.651. The Kier molecular flexibility index (Phi) is 5.88. The van der Waals surface area contributed by atoms with Crippen molar-refractivity contribution in [3.63, 3.8) is 0 Å². The largest absolute Gasteiger partial charge is 0.337 e. The van der Waals surface area contributed by atoms with E-state index in [2.05, 4.69) is 60.2 Å². The summed E-state index contributed by atoms with van der Waals surface area (Å²) in [6.07, 6.45) is 6.13. The van der Waals surface area contributed by atoms with Crippen molar-refractivity contribution < 1.29 is 4.79 Å². The van der Waals surface area contributed by atoms with Crippen LogP contribution < -0.4 is 0 Å². The number of aryl methyl sites for hydroxylation is 3. The molecule has 0 bridgehead atoms. The highest BCUT2D eigenvalue weighted by Gasteiger charge is 2.27. The normalized spacial score (nSPS) is 16.5. The van der Waals surface area contributed by atoms with Gasteiger partial charge >= 0.3 is 0 Å². The molecule has 1 atom stereocenters. The average molecular weight is 401 g/mol. The number of pyridine rings is 1. The molecule has 1 saturated heterocycles. The smallest absolute Gasteiger partial charge is 0.274 e. The molecule has 5 nitrogen and oxygen atoms in total. The molecule has 5 heteroatoms. The van der Waals surface area contributed by atoms with Crippen LogP contribution in [-0.2, 0) is 6.42 Å². The Balaban J connectivity index is 1.52. The fraction of sp³-hybridized carbons (Fsp3) is 0.360. The number of nitrogens with zero attached hydrogens (tertiary/aromatic N) is 4. The molecule has 1 aliphatic rings. The molecule has 0 spiro atoms. The van der Waals surface area contributed by atoms with E-state index in [1.54, 1.807) is 12.4 Å². The molecule has 3 aromatic rings. The molecule has 4 rings (SSSR count). The first-order valence-corrected chi connectivity index (χ1v) is 10.6. The van der Waals surface area contributed by atoms with Crippen LogP contribution in [0.2, 0.25) is 0 Å². The maximum absolute atomic E-state index is 12.9. The Morgan fingerprint density at radius 1 is 1.03 bits per heavy atom. The van der Waals surface area contributed by atoms with Gasteiger partial charge in [-0.25, -0.2) is 4.98 Å². The summed E-state index contributed by atoms with van der Waals surface area (Å²) in [4.78, 5) is 28.1. The van der Waals surface area contributed by atoms with Crippen LogP contribution in [0, 0.1) is 20.8 Å². The van der Waals surface area contributed by atoms with Crippen LogP contribution in [0.4, 0.5) is 0 Å². The number of piperidine rings is 1. The van der Waals surface area contributed by atoms with Crippen molar-refractivity contribution in [1.29, 1.82) is 0 Å². The Morgan fingerprint density at radius 2 is 1.90 bits per heavy atom. The molecule has 154 valence electrons. The van der Waals surface area contributed by atoms with Crippen LogP contribution in [0.5, 0.6) is 0 Å². The fourth-order valence-electron chi connectivity index (χ4n) is 4.21. The maximum atomic E-state index is 12.9. The minimum Gasteiger partial charge on any atom is -0.337 e. The minimum atomic E-state index is -0.0418. The minimum absolute atomic E-state index is 0.0418. The number of hydrogen-bond donors (Lipinski definition) is 0. The highest BCUT2D eigenvalue weighted by molar-refractivity contribution is 5.92. The van der Waals surface area contributed by atoms with Gasteiger partial charge in [-0.15, -0.1) is 0 Å². The van der Waals surface area contributed by atoms with E-state index in [0.29, 0.717) is 12.2 Å². The summed E-state index contributed by atoms with van der Waals surface area (Å²) in [7, 11) is 0. The van der Waals surface area contributed by atoms with Gasteiger partial charge in [-0.3, -0.25) is 14.8 Å². The molecule has 3 heterocycles. The first-order chi connectivity index (χ1) is 14.5. The molecule has 1 unspecified atom stereocenters. The van der Waals surface area contributed by atoms with Crippen LogP contribution in [0.3, 0.4) is 0 Å². The van der Waals surface area contributed by atoms with Crippen molar-refractivity contribution in [3.05, 3.63) is 88.3 Å². The standard InChI is InChI=1S/C25H28N4O/c1-17-6-4-7-20(10-17)12-21-11-18(2)28-23(13-21)22-8-5-9-29(16-22)25(30)24-15-26-19(3)14-27-24/h4,6-7,10-11,13-15,22H,5,8-9,12,16H2,1-3H3. The van der Waals surface area contributed by atoms with E-state index in [9.17, 15) is 4.79 Å². The van der Waals surface area contributed by atoms with Gasteiger partial charge in [-0.2, -0.15) is 0 Å². The number of carbonyl (C=O) groups is 1. The SMILES string of the molecule is Cc1cccc(Cc2cc(C)nc(C3CCCN(C(=O)c4cnc(C)cn4)C3)c2)c1. The Labute approximate surface area is 178 Å². The average Bonchev–Trinajstić information content (AvgIpc) is 2.73. The highest BCUT2D eigenvalue weighted by Crippen LogP contribution is 2.28. The second kappa shape index (κ2) is 8.74. The predicted molar refractivity (Wildman–Crippen MR) is 118 cm³/mol. The summed E-state index contributed by atoms with van der Waals surface area (Å²) >= 11 is 0. The molecule has 1 fully saturated rings. The second-order valence-electron chi connectivity index (χ2n) is 8.34. The van der Waals surface area contributed by atoms with Gasteiger partial charge in [0.2, 0.25) is 0 Å². The lowest BCUT2D eigenvalue weighted by Gasteiger charge is -2.32. The summed E-state index contributed by atoms with van der Waals surface area (Å²) in [6, 6.07) is 13.0. The maximum Gasteiger partial charge on any atom is 0.274 e. The van der Waals surface area contributed by atoms with Gasteiger partial charge in [0.1, 0.15) is 5.69 Å². The van der Waals surface area contributed by atoms with Crippen molar-refractivity contribution in [2.24, 2.45) is 0 Å². The van der Waals surface area contributed by atoms with Gasteiger partial charge in [0.05, 0.1) is 11.9 Å². The summed E-state index contributed by atoms with van der Waals surface area (Å²) in [5.74, 6) is 0.206. The van der Waals surface area contributed by atoms with Crippen LogP contribution in [0.25, 0.3) is 0 Å². The van der Waals surface area contributed by atoms with Gasteiger partial charge in [-0.1, -0.05) is 29.8 Å². The molecule has 0 radical (unpaired) electrons. The van der Waals surface area contributed by atoms with Gasteiger partial charge in [0, 0.05) is 36.6 Å². The molecule has 30 heavy (non-hydrogen) atoms. The van der Waals surface area contributed by atoms with Crippen molar-refractivity contribution in [2.75, 3.05) is 13.1 Å². The van der Waals surface area contributed by atoms with Gasteiger partial charge in [0.15, 0.2) is 0 Å². The zero-order valence-electron chi connectivity index (χ0n) is 17.9. The lowest BCUT2D eigenvalue weighted by atomic mass is 9.92. The summed E-state index contributed by atoms with van der Waals surface area (Å²) in [5.41, 5.74) is 7.21. The fourth-order valence-corrected chi connectivity index (χ4v) is 4.21. The van der Waals surface area contributed by atoms with E-state index >= 15 is 0 Å². The molecule has 1 aliphatic heterocycles. The van der Waals surface area contributed by atoms with E-state index in [-0.39, 0.29) is 11.8 Å². The Bertz CT molecular complexity index is 1050. The van der Waals surface area contributed by atoms with Crippen LogP contribution in [-0.4, -0.2) is 38.8 Å². The zero-order chi connectivity index (χ0) is 21.1. The first kappa shape index (κ1) is 20.2. The molecule has 1 aromatic carbocycles. The topological polar surface area (TPSA) is 59.0 Å². The van der Waals surface area contributed by atoms with E-state index < -0.39 is 0 Å². The van der Waals surface area contributed by atoms with E-state index in [4.69, 9.17) is 4.98 Å². The van der Waals surface area contributed by atoms with Crippen LogP contribution in [0.15, 0.2) is 48.8 Å². The van der Waals surface area contributed by atoms with Crippen LogP contribution >= 0.6 is 0 Å². The lowest BCUT2D eigenvalue weighted by Crippen LogP contribution is -2.39. The van der Waals surface area contributed by atoms with Gasteiger partial charge < -0.3 is 4.90 Å². The third kappa shape index (κ3) is 4.73. The third-order valence-electron chi connectivity index (χ3n) is 5.65. The first-order valence-electron chi connectivity index (χ1n) is 10.6. The molecule has 2 aromatic heterocycles. The zero-order valence-corrected chi connectivity index (χ0v) is 17.9. The molecular formula is C25H28N4O. The second-order valence-corrected chi connectivity index (χ2v) is 8.34. The Morgan fingerprint density at radius 3 is 2.67 bits per heavy atom. The van der Waals surface area contributed by atoms with Crippen LogP contribution in [0.1, 0.15) is 63.0 Å². The van der Waals surface area contributed by atoms with Crippen molar-refractivity contribution >= 4 is 5.91 Å². The number of carbonyl (C=O) groups excluding carboxylic acids is 1. The van der Waals surface area contributed by atoms with Gasteiger partial charge in [0.25, 0.3) is 5.91 Å². The molecule has 0 saturated carbocycles. The van der Waals surface area contributed by atoms with E-state index in [1.807, 2.05) is 11.8 Å². The number of likely N-dealkylation sites (tertiary alicyclic amines) is 1. The van der Waals surface area contributed by atoms with Crippen molar-refractivity contribution in [3.8, 4) is 0 Å². The van der Waals surface area contributed by atoms with Crippen molar-refractivity contribution in [2.45, 2.75) is 46.0 Å². The Hall–Kier alpha value is -3.08. The molecular weight excluding hydrogens is 372 g/mol. The number of rotatable bonds is 4. The van der Waals surface area contributed by atoms with E-state index in [1.165, 1.54) is 16.7 Å². The molecule has 1 amide bonds. The lowest BCUT2D eigenvalue weighted by molar-refractivity contribution is 0.0699. The number of hydrogen-bond acceptors (Lipinski definition) is 4. The molecule has 0 aliphatic carbocycles. The highest BCUT2D eigenvalue weighted by atomic mass is 16.2. The number of benzene rings is 1. The van der Waals surface area contributed by atoms with Crippen molar-refractivity contribution in [1.82, 2.24) is 19.9 Å². The predicted octanol–water partition coefficient (Wildman–Crippen LogP) is 4.41. The summed E-state index contributed by atoms with van der Waals surface area (Å²) < 4.78 is 0.